The van der Waals surface area contributed by atoms with Gasteiger partial charge >= 0.3 is 11.9 Å². The van der Waals surface area contributed by atoms with Crippen molar-refractivity contribution in [2.45, 2.75) is 26.4 Å². The average Bonchev–Trinajstić information content (AvgIpc) is 3.43. The van der Waals surface area contributed by atoms with E-state index in [1.807, 2.05) is 0 Å². The lowest BCUT2D eigenvalue weighted by Gasteiger charge is -2.11. The van der Waals surface area contributed by atoms with Gasteiger partial charge < -0.3 is 11.1 Å². The predicted molar refractivity (Wildman–Crippen MR) is 143 cm³/mol. The molecular formula is C27H23F3N8O3. The normalized spacial score (nSPS) is 11.7. The minimum Gasteiger partial charge on any atom is -0.366 e. The van der Waals surface area contributed by atoms with Crippen molar-refractivity contribution in [3.8, 4) is 11.4 Å². The molecule has 2 aromatic carbocycles. The summed E-state index contributed by atoms with van der Waals surface area (Å²) in [4.78, 5) is 41.0. The molecule has 0 saturated heterocycles. The first-order valence-corrected chi connectivity index (χ1v) is 12.3. The first-order valence-electron chi connectivity index (χ1n) is 12.3. The molecule has 0 unspecified atom stereocenters. The van der Waals surface area contributed by atoms with Crippen molar-refractivity contribution in [2.75, 3.05) is 5.32 Å². The number of anilines is 1. The monoisotopic (exact) mass is 564 g/mol. The maximum atomic E-state index is 13.8. The highest BCUT2D eigenvalue weighted by atomic mass is 19.4. The van der Waals surface area contributed by atoms with E-state index in [9.17, 15) is 27.6 Å². The molecular weight excluding hydrogens is 541 g/mol. The zero-order valence-corrected chi connectivity index (χ0v) is 22.0. The van der Waals surface area contributed by atoms with Crippen LogP contribution in [0.5, 0.6) is 0 Å². The number of rotatable bonds is 6. The third kappa shape index (κ3) is 4.95. The van der Waals surface area contributed by atoms with E-state index in [-0.39, 0.29) is 27.8 Å². The topological polar surface area (TPSA) is 143 Å². The molecule has 5 aromatic rings. The fourth-order valence-electron chi connectivity index (χ4n) is 4.59. The number of nitrogens with zero attached hydrogens (tertiary/aromatic N) is 6. The highest BCUT2D eigenvalue weighted by Crippen LogP contribution is 2.33. The fraction of sp³-hybridized carbons (Fsp3) is 0.185. The molecule has 0 spiro atoms. The molecule has 210 valence electrons. The van der Waals surface area contributed by atoms with Gasteiger partial charge in [-0.25, -0.2) is 23.7 Å². The van der Waals surface area contributed by atoms with E-state index in [0.29, 0.717) is 29.3 Å². The largest absolute Gasteiger partial charge is 0.433 e. The summed E-state index contributed by atoms with van der Waals surface area (Å²) in [6.07, 6.45) is -4.55. The van der Waals surface area contributed by atoms with Crippen molar-refractivity contribution in [3.63, 3.8) is 0 Å². The number of hydrogen-bond donors (Lipinski definition) is 2. The van der Waals surface area contributed by atoms with Gasteiger partial charge in [0.1, 0.15) is 17.2 Å². The lowest BCUT2D eigenvalue weighted by Crippen LogP contribution is -2.21. The molecule has 0 atom stereocenters. The Morgan fingerprint density at radius 3 is 2.29 bits per heavy atom. The Balaban J connectivity index is 1.63. The Bertz CT molecular complexity index is 1890. The number of halogens is 3. The number of aromatic nitrogens is 6. The highest BCUT2D eigenvalue weighted by molar-refractivity contribution is 6.12. The van der Waals surface area contributed by atoms with Gasteiger partial charge in [0.2, 0.25) is 5.91 Å². The summed E-state index contributed by atoms with van der Waals surface area (Å²) in [6, 6.07) is 13.1. The van der Waals surface area contributed by atoms with Crippen LogP contribution in [0.15, 0.2) is 59.4 Å². The number of nitrogens with one attached hydrogen (secondary N) is 1. The molecule has 0 radical (unpaired) electrons. The third-order valence-electron chi connectivity index (χ3n) is 6.43. The summed E-state index contributed by atoms with van der Waals surface area (Å²) in [5, 5.41) is 11.2. The summed E-state index contributed by atoms with van der Waals surface area (Å²) in [6.45, 7) is 3.46. The van der Waals surface area contributed by atoms with E-state index in [1.54, 1.807) is 38.1 Å². The maximum absolute atomic E-state index is 13.8. The van der Waals surface area contributed by atoms with Crippen molar-refractivity contribution in [1.82, 2.24) is 29.1 Å². The van der Waals surface area contributed by atoms with Gasteiger partial charge in [-0.15, -0.1) is 0 Å². The molecule has 0 aliphatic heterocycles. The van der Waals surface area contributed by atoms with E-state index < -0.39 is 29.4 Å². The molecule has 11 nitrogen and oxygen atoms in total. The number of primary amides is 1. The highest BCUT2D eigenvalue weighted by Gasteiger charge is 2.35. The van der Waals surface area contributed by atoms with E-state index in [4.69, 9.17) is 5.73 Å². The van der Waals surface area contributed by atoms with E-state index in [0.717, 1.165) is 6.07 Å². The van der Waals surface area contributed by atoms with Gasteiger partial charge in [-0.3, -0.25) is 9.59 Å². The van der Waals surface area contributed by atoms with Crippen LogP contribution >= 0.6 is 0 Å². The fourth-order valence-corrected chi connectivity index (χ4v) is 4.59. The lowest BCUT2D eigenvalue weighted by molar-refractivity contribution is -0.141. The lowest BCUT2D eigenvalue weighted by atomic mass is 10.1. The van der Waals surface area contributed by atoms with Gasteiger partial charge in [-0.1, -0.05) is 13.0 Å². The molecule has 3 N–H and O–H groups in total. The van der Waals surface area contributed by atoms with Crippen molar-refractivity contribution < 1.29 is 22.8 Å². The van der Waals surface area contributed by atoms with Crippen LogP contribution in [0, 0.1) is 6.92 Å². The Kier molecular flexibility index (Phi) is 6.69. The summed E-state index contributed by atoms with van der Waals surface area (Å²) >= 11 is 0. The van der Waals surface area contributed by atoms with Gasteiger partial charge in [-0.2, -0.15) is 23.4 Å². The Morgan fingerprint density at radius 1 is 1.02 bits per heavy atom. The van der Waals surface area contributed by atoms with Crippen molar-refractivity contribution in [3.05, 3.63) is 93.6 Å². The number of fused-ring (bicyclic) bond motifs is 1. The van der Waals surface area contributed by atoms with Crippen LogP contribution < -0.4 is 16.7 Å². The molecule has 3 heterocycles. The summed E-state index contributed by atoms with van der Waals surface area (Å²) in [5.41, 5.74) is 4.87. The Labute approximate surface area is 230 Å². The zero-order chi connectivity index (χ0) is 29.6. The number of aryl methyl sites for hydroxylation is 3. The smallest absolute Gasteiger partial charge is 0.366 e. The van der Waals surface area contributed by atoms with Gasteiger partial charge in [0, 0.05) is 18.3 Å². The second-order valence-electron chi connectivity index (χ2n) is 9.16. The number of hydrogen-bond acceptors (Lipinski definition) is 6. The van der Waals surface area contributed by atoms with Gasteiger partial charge in [0.25, 0.3) is 5.91 Å². The molecule has 0 aliphatic rings. The summed E-state index contributed by atoms with van der Waals surface area (Å²) in [7, 11) is 1.54. The number of benzene rings is 2. The van der Waals surface area contributed by atoms with Crippen LogP contribution in [0.1, 0.15) is 45.0 Å². The van der Waals surface area contributed by atoms with Crippen LogP contribution in [-0.2, 0) is 19.6 Å². The van der Waals surface area contributed by atoms with Crippen molar-refractivity contribution in [1.29, 1.82) is 0 Å². The van der Waals surface area contributed by atoms with Crippen molar-refractivity contribution in [2.24, 2.45) is 12.8 Å². The minimum atomic E-state index is -4.85. The van der Waals surface area contributed by atoms with Crippen LogP contribution in [0.4, 0.5) is 18.9 Å². The summed E-state index contributed by atoms with van der Waals surface area (Å²) < 4.78 is 45.5. The molecule has 0 aliphatic carbocycles. The van der Waals surface area contributed by atoms with Crippen LogP contribution in [0.3, 0.4) is 0 Å². The number of carbonyl (C=O) groups excluding carboxylic acids is 2. The zero-order valence-electron chi connectivity index (χ0n) is 22.0. The van der Waals surface area contributed by atoms with Crippen LogP contribution in [0.25, 0.3) is 22.3 Å². The van der Waals surface area contributed by atoms with Crippen molar-refractivity contribution >= 4 is 28.4 Å². The number of nitrogens with two attached hydrogens (primary N) is 1. The van der Waals surface area contributed by atoms with Gasteiger partial charge in [0.15, 0.2) is 0 Å². The van der Waals surface area contributed by atoms with Gasteiger partial charge in [-0.05, 0) is 61.9 Å². The summed E-state index contributed by atoms with van der Waals surface area (Å²) in [5.74, 6) is -1.17. The Hall–Kier alpha value is -5.27. The SMILES string of the molecule is CCc1c2c(C(=O)Nc3cccc(C(N)=O)c3)nc(C(F)(F)F)cc2nn1-c1ccc(-n2c(C)nn(C)c2=O)cc1. The Morgan fingerprint density at radius 2 is 1.71 bits per heavy atom. The first-order chi connectivity index (χ1) is 19.4. The average molecular weight is 565 g/mol. The number of pyridine rings is 1. The number of alkyl halides is 3. The molecule has 0 fully saturated rings. The minimum absolute atomic E-state index is 0.0800. The molecule has 41 heavy (non-hydrogen) atoms. The van der Waals surface area contributed by atoms with Crippen LogP contribution in [-0.4, -0.2) is 40.9 Å². The molecule has 3 aromatic heterocycles. The molecule has 5 rings (SSSR count). The third-order valence-corrected chi connectivity index (χ3v) is 6.43. The standard InChI is InChI=1S/C27H23F3N8O3/c1-4-20-22-19(35-38(20)18-10-8-17(9-11-18)37-14(2)34-36(3)26(37)41)13-21(27(28,29)30)33-23(22)25(40)32-16-7-5-6-15(12-16)24(31)39/h5-13H,4H2,1-3H3,(H2,31,39)(H,32,40). The number of amides is 2. The first kappa shape index (κ1) is 27.3. The van der Waals surface area contributed by atoms with Gasteiger partial charge in [0.05, 0.1) is 28.0 Å². The molecule has 0 saturated carbocycles. The van der Waals surface area contributed by atoms with Crippen LogP contribution in [0.2, 0.25) is 0 Å². The van der Waals surface area contributed by atoms with E-state index in [2.05, 4.69) is 20.5 Å². The molecule has 2 amide bonds. The maximum Gasteiger partial charge on any atom is 0.433 e. The second-order valence-corrected chi connectivity index (χ2v) is 9.16. The van der Waals surface area contributed by atoms with E-state index in [1.165, 1.54) is 45.2 Å². The molecule has 14 heteroatoms. The quantitative estimate of drug-likeness (QED) is 0.323. The predicted octanol–water partition coefficient (Wildman–Crippen LogP) is 3.55. The second kappa shape index (κ2) is 10.0. The number of carbonyl (C=O) groups is 2. The molecule has 0 bridgehead atoms. The van der Waals surface area contributed by atoms with E-state index >= 15 is 0 Å².